The van der Waals surface area contributed by atoms with Gasteiger partial charge in [-0.2, -0.15) is 0 Å². The fourth-order valence-electron chi connectivity index (χ4n) is 1.84. The Morgan fingerprint density at radius 1 is 1.48 bits per heavy atom. The predicted molar refractivity (Wildman–Crippen MR) is 81.3 cm³/mol. The van der Waals surface area contributed by atoms with Crippen LogP contribution in [0, 0.1) is 0 Å². The van der Waals surface area contributed by atoms with Crippen molar-refractivity contribution in [1.82, 2.24) is 10.3 Å². The van der Waals surface area contributed by atoms with Gasteiger partial charge in [0.05, 0.1) is 12.5 Å². The molecule has 21 heavy (non-hydrogen) atoms. The Morgan fingerprint density at radius 2 is 2.19 bits per heavy atom. The molecule has 7 heteroatoms. The number of amidine groups is 1. The highest BCUT2D eigenvalue weighted by Crippen LogP contribution is 2.15. The van der Waals surface area contributed by atoms with Crippen LogP contribution in [0.2, 0.25) is 0 Å². The van der Waals surface area contributed by atoms with Gasteiger partial charge >= 0.3 is 0 Å². The third-order valence-electron chi connectivity index (χ3n) is 2.92. The summed E-state index contributed by atoms with van der Waals surface area (Å²) in [6.07, 6.45) is 1.99. The van der Waals surface area contributed by atoms with Gasteiger partial charge in [-0.1, -0.05) is 29.4 Å². The lowest BCUT2D eigenvalue weighted by Crippen LogP contribution is -2.28. The monoisotopic (exact) mass is 304 g/mol. The average Bonchev–Trinajstić information content (AvgIpc) is 3.01. The van der Waals surface area contributed by atoms with Crippen LogP contribution in [0.15, 0.2) is 41.0 Å². The van der Waals surface area contributed by atoms with Crippen molar-refractivity contribution in [3.63, 3.8) is 0 Å². The summed E-state index contributed by atoms with van der Waals surface area (Å²) < 4.78 is 0. The molecule has 2 rings (SSSR count). The van der Waals surface area contributed by atoms with E-state index in [-0.39, 0.29) is 24.2 Å². The minimum Gasteiger partial charge on any atom is -0.409 e. The van der Waals surface area contributed by atoms with Crippen LogP contribution in [0.3, 0.4) is 0 Å². The molecule has 1 amide bonds. The highest BCUT2D eigenvalue weighted by molar-refractivity contribution is 7.09. The van der Waals surface area contributed by atoms with E-state index < -0.39 is 0 Å². The first-order valence-electron chi connectivity index (χ1n) is 6.35. The lowest BCUT2D eigenvalue weighted by molar-refractivity contribution is -0.121. The SMILES string of the molecule is CC(NC(=O)Cc1ccc(C(N)=NO)cc1)c1nccs1. The number of hydrogen-bond acceptors (Lipinski definition) is 5. The summed E-state index contributed by atoms with van der Waals surface area (Å²) in [6.45, 7) is 1.90. The lowest BCUT2D eigenvalue weighted by Gasteiger charge is -2.11. The number of thiazole rings is 1. The number of oxime groups is 1. The molecular formula is C14H16N4O2S. The first kappa shape index (κ1) is 15.0. The summed E-state index contributed by atoms with van der Waals surface area (Å²) in [5, 5.41) is 17.2. The molecule has 0 bridgehead atoms. The van der Waals surface area contributed by atoms with Gasteiger partial charge < -0.3 is 16.3 Å². The summed E-state index contributed by atoms with van der Waals surface area (Å²) >= 11 is 1.51. The largest absolute Gasteiger partial charge is 0.409 e. The van der Waals surface area contributed by atoms with Gasteiger partial charge in [-0.25, -0.2) is 4.98 Å². The van der Waals surface area contributed by atoms with Gasteiger partial charge in [-0.15, -0.1) is 11.3 Å². The molecule has 0 spiro atoms. The van der Waals surface area contributed by atoms with E-state index in [1.165, 1.54) is 11.3 Å². The van der Waals surface area contributed by atoms with Gasteiger partial charge in [0.15, 0.2) is 5.84 Å². The zero-order valence-corrected chi connectivity index (χ0v) is 12.3. The molecule has 0 fully saturated rings. The van der Waals surface area contributed by atoms with Crippen LogP contribution in [0.4, 0.5) is 0 Å². The van der Waals surface area contributed by atoms with E-state index in [1.54, 1.807) is 30.5 Å². The fourth-order valence-corrected chi connectivity index (χ4v) is 2.48. The Labute approximate surface area is 126 Å². The fraction of sp³-hybridized carbons (Fsp3) is 0.214. The lowest BCUT2D eigenvalue weighted by atomic mass is 10.1. The molecule has 110 valence electrons. The minimum atomic E-state index is -0.103. The van der Waals surface area contributed by atoms with Crippen molar-refractivity contribution in [3.8, 4) is 0 Å². The molecule has 1 unspecified atom stereocenters. The Morgan fingerprint density at radius 3 is 2.76 bits per heavy atom. The van der Waals surface area contributed by atoms with E-state index in [0.29, 0.717) is 5.56 Å². The van der Waals surface area contributed by atoms with Gasteiger partial charge in [0.25, 0.3) is 0 Å². The number of nitrogens with one attached hydrogen (secondary N) is 1. The van der Waals surface area contributed by atoms with Gasteiger partial charge in [0.1, 0.15) is 5.01 Å². The summed E-state index contributed by atoms with van der Waals surface area (Å²) in [7, 11) is 0. The molecule has 0 aliphatic carbocycles. The number of aromatic nitrogens is 1. The van der Waals surface area contributed by atoms with Crippen molar-refractivity contribution in [2.45, 2.75) is 19.4 Å². The Hall–Kier alpha value is -2.41. The van der Waals surface area contributed by atoms with Crippen LogP contribution >= 0.6 is 11.3 Å². The number of benzene rings is 1. The zero-order valence-electron chi connectivity index (χ0n) is 11.5. The molecule has 0 saturated heterocycles. The Kier molecular flexibility index (Phi) is 4.89. The molecule has 6 nitrogen and oxygen atoms in total. The molecule has 1 atom stereocenters. The number of carbonyl (C=O) groups excluding carboxylic acids is 1. The maximum atomic E-state index is 12.0. The second-order valence-corrected chi connectivity index (χ2v) is 5.44. The molecule has 0 saturated carbocycles. The zero-order chi connectivity index (χ0) is 15.2. The Balaban J connectivity index is 1.93. The quantitative estimate of drug-likeness (QED) is 0.338. The van der Waals surface area contributed by atoms with Gasteiger partial charge in [0.2, 0.25) is 5.91 Å². The summed E-state index contributed by atoms with van der Waals surface area (Å²) in [4.78, 5) is 16.1. The highest BCUT2D eigenvalue weighted by atomic mass is 32.1. The van der Waals surface area contributed by atoms with Crippen molar-refractivity contribution < 1.29 is 10.0 Å². The maximum Gasteiger partial charge on any atom is 0.224 e. The van der Waals surface area contributed by atoms with Crippen molar-refractivity contribution in [1.29, 1.82) is 0 Å². The number of nitrogens with two attached hydrogens (primary N) is 1. The molecule has 0 aliphatic rings. The number of hydrogen-bond donors (Lipinski definition) is 3. The maximum absolute atomic E-state index is 12.0. The average molecular weight is 304 g/mol. The molecule has 4 N–H and O–H groups in total. The van der Waals surface area contributed by atoms with E-state index in [4.69, 9.17) is 10.9 Å². The number of nitrogens with zero attached hydrogens (tertiary/aromatic N) is 2. The molecule has 0 aliphatic heterocycles. The molecule has 2 aromatic rings. The third kappa shape index (κ3) is 4.03. The van der Waals surface area contributed by atoms with Crippen molar-refractivity contribution in [2.75, 3.05) is 0 Å². The summed E-state index contributed by atoms with van der Waals surface area (Å²) in [5.74, 6) is -0.0300. The van der Waals surface area contributed by atoms with Gasteiger partial charge in [0, 0.05) is 17.1 Å². The van der Waals surface area contributed by atoms with Crippen LogP contribution in [-0.2, 0) is 11.2 Å². The van der Waals surface area contributed by atoms with Gasteiger partial charge in [-0.3, -0.25) is 4.79 Å². The van der Waals surface area contributed by atoms with Crippen molar-refractivity contribution in [3.05, 3.63) is 52.0 Å². The van der Waals surface area contributed by atoms with Crippen LogP contribution < -0.4 is 11.1 Å². The van der Waals surface area contributed by atoms with Crippen LogP contribution in [0.5, 0.6) is 0 Å². The van der Waals surface area contributed by atoms with Crippen molar-refractivity contribution in [2.24, 2.45) is 10.9 Å². The first-order chi connectivity index (χ1) is 10.1. The summed E-state index contributed by atoms with van der Waals surface area (Å²) in [5.41, 5.74) is 6.94. The molecule has 1 heterocycles. The topological polar surface area (TPSA) is 101 Å². The summed E-state index contributed by atoms with van der Waals surface area (Å²) in [6, 6.07) is 6.88. The van der Waals surface area contributed by atoms with E-state index >= 15 is 0 Å². The van der Waals surface area contributed by atoms with E-state index in [1.807, 2.05) is 12.3 Å². The molecular weight excluding hydrogens is 288 g/mol. The standard InChI is InChI=1S/C14H16N4O2S/c1-9(14-16-6-7-21-14)17-12(19)8-10-2-4-11(5-3-10)13(15)18-20/h2-7,9,20H,8H2,1H3,(H2,15,18)(H,17,19). The van der Waals surface area contributed by atoms with E-state index in [9.17, 15) is 4.79 Å². The number of rotatable bonds is 5. The van der Waals surface area contributed by atoms with Crippen LogP contribution in [-0.4, -0.2) is 21.9 Å². The Bertz CT molecular complexity index is 623. The molecule has 0 radical (unpaired) electrons. The number of carbonyl (C=O) groups is 1. The smallest absolute Gasteiger partial charge is 0.224 e. The minimum absolute atomic E-state index is 0.0448. The molecule has 1 aromatic carbocycles. The van der Waals surface area contributed by atoms with Gasteiger partial charge in [-0.05, 0) is 12.5 Å². The molecule has 1 aromatic heterocycles. The second kappa shape index (κ2) is 6.85. The highest BCUT2D eigenvalue weighted by Gasteiger charge is 2.12. The van der Waals surface area contributed by atoms with E-state index in [2.05, 4.69) is 15.5 Å². The first-order valence-corrected chi connectivity index (χ1v) is 7.23. The van der Waals surface area contributed by atoms with E-state index in [0.717, 1.165) is 10.6 Å². The number of amides is 1. The van der Waals surface area contributed by atoms with Crippen LogP contribution in [0.1, 0.15) is 29.1 Å². The van der Waals surface area contributed by atoms with Crippen molar-refractivity contribution >= 4 is 23.1 Å². The predicted octanol–water partition coefficient (Wildman–Crippen LogP) is 1.66. The second-order valence-electron chi connectivity index (χ2n) is 4.52. The normalized spacial score (nSPS) is 12.9. The van der Waals surface area contributed by atoms with Crippen LogP contribution in [0.25, 0.3) is 0 Å². The third-order valence-corrected chi connectivity index (χ3v) is 3.88.